The van der Waals surface area contributed by atoms with E-state index in [1.165, 1.54) is 0 Å². The predicted octanol–water partition coefficient (Wildman–Crippen LogP) is 3.23. The Hall–Kier alpha value is -2.60. The summed E-state index contributed by atoms with van der Waals surface area (Å²) in [6.45, 7) is 0. The molecule has 0 aliphatic heterocycles. The van der Waals surface area contributed by atoms with E-state index in [2.05, 4.69) is 4.72 Å². The Labute approximate surface area is 159 Å². The largest absolute Gasteiger partial charge is 0.497 e. The Morgan fingerprint density at radius 3 is 2.74 bits per heavy atom. The Morgan fingerprint density at radius 2 is 1.93 bits per heavy atom. The van der Waals surface area contributed by atoms with Gasteiger partial charge in [0.2, 0.25) is 5.91 Å². The van der Waals surface area contributed by atoms with Crippen molar-refractivity contribution in [2.75, 3.05) is 7.11 Å². The first-order chi connectivity index (χ1) is 13.0. The zero-order valence-corrected chi connectivity index (χ0v) is 15.8. The molecule has 0 saturated heterocycles. The van der Waals surface area contributed by atoms with Crippen LogP contribution in [-0.4, -0.2) is 21.4 Å². The van der Waals surface area contributed by atoms with E-state index in [1.807, 2.05) is 48.5 Å². The second-order valence-electron chi connectivity index (χ2n) is 7.00. The summed E-state index contributed by atoms with van der Waals surface area (Å²) in [4.78, 5) is 12.8. The summed E-state index contributed by atoms with van der Waals surface area (Å²) < 4.78 is 32.8. The molecule has 0 spiro atoms. The number of nitrogens with one attached hydrogen (secondary N) is 1. The lowest BCUT2D eigenvalue weighted by atomic mass is 9.98. The maximum Gasteiger partial charge on any atom is 0.260 e. The van der Waals surface area contributed by atoms with E-state index in [1.54, 1.807) is 13.2 Å². The lowest BCUT2D eigenvalue weighted by molar-refractivity contribution is -0.120. The first-order valence-corrected chi connectivity index (χ1v) is 10.5. The number of carbonyl (C=O) groups is 1. The molecule has 0 unspecified atom stereocenters. The normalized spacial score (nSPS) is 21.0. The van der Waals surface area contributed by atoms with Crippen LogP contribution in [0.25, 0.3) is 6.08 Å². The first-order valence-electron chi connectivity index (χ1n) is 8.97. The van der Waals surface area contributed by atoms with Gasteiger partial charge < -0.3 is 4.74 Å². The van der Waals surface area contributed by atoms with Gasteiger partial charge in [-0.3, -0.25) is 4.79 Å². The number of ether oxygens (including phenoxy) is 1. The lowest BCUT2D eigenvalue weighted by Crippen LogP contribution is -2.33. The average Bonchev–Trinajstić information content (AvgIpc) is 3.48. The number of rotatable bonds is 5. The van der Waals surface area contributed by atoms with Gasteiger partial charge >= 0.3 is 0 Å². The van der Waals surface area contributed by atoms with Crippen LogP contribution in [-0.2, 0) is 21.2 Å². The molecule has 0 radical (unpaired) electrons. The fraction of sp³-hybridized carbons (Fsp3) is 0.286. The minimum Gasteiger partial charge on any atom is -0.497 e. The number of hydrogen-bond acceptors (Lipinski definition) is 4. The maximum absolute atomic E-state index is 12.7. The summed E-state index contributed by atoms with van der Waals surface area (Å²) in [6.07, 6.45) is 3.38. The highest BCUT2D eigenvalue weighted by atomic mass is 32.2. The fourth-order valence-corrected chi connectivity index (χ4v) is 4.82. The Kier molecular flexibility index (Phi) is 4.52. The molecular formula is C21H21NO4S. The molecule has 1 saturated carbocycles. The van der Waals surface area contributed by atoms with Crippen molar-refractivity contribution in [3.05, 3.63) is 70.1 Å². The number of fused-ring (bicyclic) bond motifs is 1. The number of aryl methyl sites for hydroxylation is 1. The zero-order chi connectivity index (χ0) is 19.0. The van der Waals surface area contributed by atoms with Crippen LogP contribution >= 0.6 is 0 Å². The highest BCUT2D eigenvalue weighted by Crippen LogP contribution is 2.48. The van der Waals surface area contributed by atoms with Crippen molar-refractivity contribution in [3.8, 4) is 5.75 Å². The Balaban J connectivity index is 1.46. The molecule has 6 heteroatoms. The average molecular weight is 383 g/mol. The number of amides is 1. The lowest BCUT2D eigenvalue weighted by Gasteiger charge is -2.17. The quantitative estimate of drug-likeness (QED) is 0.860. The van der Waals surface area contributed by atoms with E-state index in [-0.39, 0.29) is 16.7 Å². The summed E-state index contributed by atoms with van der Waals surface area (Å²) in [5.41, 5.74) is 3.03. The van der Waals surface area contributed by atoms with Gasteiger partial charge in [0.15, 0.2) is 0 Å². The van der Waals surface area contributed by atoms with Gasteiger partial charge in [-0.2, -0.15) is 0 Å². The van der Waals surface area contributed by atoms with E-state index in [0.717, 1.165) is 22.4 Å². The van der Waals surface area contributed by atoms with Crippen LogP contribution in [0.1, 0.15) is 35.4 Å². The van der Waals surface area contributed by atoms with Gasteiger partial charge in [-0.25, -0.2) is 13.1 Å². The van der Waals surface area contributed by atoms with Gasteiger partial charge in [0.25, 0.3) is 10.0 Å². The smallest absolute Gasteiger partial charge is 0.260 e. The Morgan fingerprint density at radius 1 is 1.11 bits per heavy atom. The third-order valence-corrected chi connectivity index (χ3v) is 6.72. The monoisotopic (exact) mass is 383 g/mol. The predicted molar refractivity (Wildman–Crippen MR) is 104 cm³/mol. The van der Waals surface area contributed by atoms with Crippen molar-refractivity contribution >= 4 is 22.0 Å². The van der Waals surface area contributed by atoms with E-state index in [0.29, 0.717) is 19.3 Å². The van der Waals surface area contributed by atoms with Crippen LogP contribution in [0.5, 0.6) is 5.75 Å². The number of sulfonamides is 1. The van der Waals surface area contributed by atoms with Crippen LogP contribution in [0.4, 0.5) is 0 Å². The van der Waals surface area contributed by atoms with E-state index < -0.39 is 15.9 Å². The van der Waals surface area contributed by atoms with Crippen molar-refractivity contribution in [2.45, 2.75) is 25.2 Å². The number of methoxy groups -OCH3 is 1. The van der Waals surface area contributed by atoms with Gasteiger partial charge in [0, 0.05) is 5.92 Å². The molecule has 2 aromatic rings. The molecule has 0 aromatic heterocycles. The van der Waals surface area contributed by atoms with Crippen molar-refractivity contribution in [2.24, 2.45) is 5.92 Å². The van der Waals surface area contributed by atoms with Crippen molar-refractivity contribution in [3.63, 3.8) is 0 Å². The molecule has 0 bridgehead atoms. The summed E-state index contributed by atoms with van der Waals surface area (Å²) in [5, 5.41) is 0. The topological polar surface area (TPSA) is 72.5 Å². The molecule has 2 aromatic carbocycles. The molecule has 27 heavy (non-hydrogen) atoms. The molecule has 0 heterocycles. The number of carbonyl (C=O) groups excluding carboxylic acids is 1. The fourth-order valence-electron chi connectivity index (χ4n) is 3.62. The highest BCUT2D eigenvalue weighted by molar-refractivity contribution is 7.94. The Bertz CT molecular complexity index is 1030. The third kappa shape index (κ3) is 3.62. The maximum atomic E-state index is 12.7. The van der Waals surface area contributed by atoms with Crippen molar-refractivity contribution < 1.29 is 17.9 Å². The van der Waals surface area contributed by atoms with Crippen LogP contribution in [0.2, 0.25) is 0 Å². The third-order valence-electron chi connectivity index (χ3n) is 5.24. The van der Waals surface area contributed by atoms with Gasteiger partial charge in [0.05, 0.1) is 12.0 Å². The second-order valence-corrected chi connectivity index (χ2v) is 8.74. The molecule has 140 valence electrons. The number of hydrogen-bond donors (Lipinski definition) is 1. The summed E-state index contributed by atoms with van der Waals surface area (Å²) in [6, 6.07) is 15.3. The molecule has 1 amide bonds. The summed E-state index contributed by atoms with van der Waals surface area (Å²) in [5.74, 6) is 0.0273. The molecule has 2 atom stereocenters. The molecule has 2 aliphatic carbocycles. The minimum atomic E-state index is -3.81. The molecule has 5 nitrogen and oxygen atoms in total. The first kappa shape index (κ1) is 17.8. The van der Waals surface area contributed by atoms with E-state index in [4.69, 9.17) is 4.74 Å². The van der Waals surface area contributed by atoms with Crippen LogP contribution < -0.4 is 9.46 Å². The standard InChI is InChI=1S/C21H21NO4S/c1-26-17-8-4-7-16(11-17)19-13-20(19)21(23)22-27(24,25)18-10-9-14-5-2-3-6-15(14)12-18/h2-8,11-12,19-20H,9-10,13H2,1H3,(H,22,23)/t19-,20+/m1/s1. The minimum absolute atomic E-state index is 0.0383. The molecule has 4 rings (SSSR count). The zero-order valence-electron chi connectivity index (χ0n) is 15.0. The van der Waals surface area contributed by atoms with Gasteiger partial charge in [-0.05, 0) is 60.1 Å². The van der Waals surface area contributed by atoms with Crippen molar-refractivity contribution in [1.82, 2.24) is 4.72 Å². The molecular weight excluding hydrogens is 362 g/mol. The second kappa shape index (κ2) is 6.85. The van der Waals surface area contributed by atoms with Gasteiger partial charge in [-0.15, -0.1) is 0 Å². The number of benzene rings is 2. The van der Waals surface area contributed by atoms with Crippen LogP contribution in [0.15, 0.2) is 53.4 Å². The van der Waals surface area contributed by atoms with Gasteiger partial charge in [0.1, 0.15) is 5.75 Å². The van der Waals surface area contributed by atoms with Crippen molar-refractivity contribution in [1.29, 1.82) is 0 Å². The number of allylic oxidation sites excluding steroid dienone is 1. The molecule has 2 aliphatic rings. The van der Waals surface area contributed by atoms with E-state index >= 15 is 0 Å². The highest BCUT2D eigenvalue weighted by Gasteiger charge is 2.45. The van der Waals surface area contributed by atoms with Gasteiger partial charge in [-0.1, -0.05) is 36.4 Å². The molecule has 1 N–H and O–H groups in total. The van der Waals surface area contributed by atoms with Crippen LogP contribution in [0, 0.1) is 5.92 Å². The summed E-state index contributed by atoms with van der Waals surface area (Å²) in [7, 11) is -2.22. The molecule has 1 fully saturated rings. The SMILES string of the molecule is COc1cccc([C@H]2C[C@@H]2C(=O)NS(=O)(=O)C2=Cc3ccccc3CC2)c1. The van der Waals surface area contributed by atoms with Crippen LogP contribution in [0.3, 0.4) is 0 Å². The van der Waals surface area contributed by atoms with E-state index in [9.17, 15) is 13.2 Å². The summed E-state index contributed by atoms with van der Waals surface area (Å²) >= 11 is 0.